The van der Waals surface area contributed by atoms with Gasteiger partial charge in [0.15, 0.2) is 0 Å². The highest BCUT2D eigenvalue weighted by Crippen LogP contribution is 2.21. The van der Waals surface area contributed by atoms with Crippen molar-refractivity contribution in [2.24, 2.45) is 5.92 Å². The van der Waals surface area contributed by atoms with E-state index in [0.717, 1.165) is 41.7 Å². The van der Waals surface area contributed by atoms with E-state index in [2.05, 4.69) is 16.0 Å². The van der Waals surface area contributed by atoms with Gasteiger partial charge < -0.3 is 25.6 Å². The van der Waals surface area contributed by atoms with Gasteiger partial charge >= 0.3 is 0 Å². The first-order valence-corrected chi connectivity index (χ1v) is 14.5. The van der Waals surface area contributed by atoms with Crippen LogP contribution in [0, 0.1) is 12.8 Å². The molecule has 3 rings (SSSR count). The maximum Gasteiger partial charge on any atom is 0.243 e. The van der Waals surface area contributed by atoms with Gasteiger partial charge in [0.2, 0.25) is 17.7 Å². The third kappa shape index (κ3) is 8.55. The van der Waals surface area contributed by atoms with Crippen LogP contribution in [0.5, 0.6) is 5.75 Å². The minimum atomic E-state index is -0.764. The highest BCUT2D eigenvalue weighted by atomic mass is 16.5. The van der Waals surface area contributed by atoms with Crippen molar-refractivity contribution in [3.8, 4) is 5.75 Å². The molecule has 2 aromatic rings. The molecule has 0 saturated heterocycles. The molecule has 1 aliphatic rings. The van der Waals surface area contributed by atoms with Gasteiger partial charge in [-0.3, -0.25) is 14.4 Å². The van der Waals surface area contributed by atoms with E-state index >= 15 is 0 Å². The van der Waals surface area contributed by atoms with Gasteiger partial charge in [0.25, 0.3) is 0 Å². The fourth-order valence-electron chi connectivity index (χ4n) is 4.81. The van der Waals surface area contributed by atoms with Crippen LogP contribution in [-0.2, 0) is 27.2 Å². The molecule has 8 nitrogen and oxygen atoms in total. The summed E-state index contributed by atoms with van der Waals surface area (Å²) >= 11 is 0. The Morgan fingerprint density at radius 3 is 2.42 bits per heavy atom. The number of rotatable bonds is 4. The number of hydrogen-bond donors (Lipinski definition) is 3. The van der Waals surface area contributed by atoms with Crippen molar-refractivity contribution >= 4 is 17.7 Å². The SMILES string of the molecule is CCC(C)[C@@H]1NC[C@@H](C)Oc2ccccc2CCCNC(=O)[C@@H](Cc2ccc(C)cc2)NC(=O)[C@@H](C)N(C)C1=O. The Morgan fingerprint density at radius 2 is 1.73 bits per heavy atom. The number of carbonyl (C=O) groups excluding carboxylic acids is 3. The van der Waals surface area contributed by atoms with E-state index < -0.39 is 18.1 Å². The summed E-state index contributed by atoms with van der Waals surface area (Å²) < 4.78 is 6.28. The van der Waals surface area contributed by atoms with Gasteiger partial charge in [-0.1, -0.05) is 68.3 Å². The highest BCUT2D eigenvalue weighted by molar-refractivity contribution is 5.93. The third-order valence-corrected chi connectivity index (χ3v) is 7.83. The second kappa shape index (κ2) is 14.8. The topological polar surface area (TPSA) is 99.8 Å². The standard InChI is InChI=1S/C32H46N4O4/c1-7-22(3)29-32(39)36(6)24(5)30(37)35-27(19-25-16-14-21(2)15-17-25)31(38)33-18-10-12-26-11-8-9-13-28(26)40-23(4)20-34-29/h8-9,11,13-17,22-24,27,29,34H,7,10,12,18-20H2,1-6H3,(H,33,38)(H,35,37)/t22?,23-,24-,27-,29+/m1/s1. The lowest BCUT2D eigenvalue weighted by atomic mass is 9.97. The van der Waals surface area contributed by atoms with Crippen LogP contribution in [0.1, 0.15) is 57.2 Å². The average molecular weight is 551 g/mol. The van der Waals surface area contributed by atoms with Crippen LogP contribution in [0.2, 0.25) is 0 Å². The minimum absolute atomic E-state index is 0.0513. The summed E-state index contributed by atoms with van der Waals surface area (Å²) in [5, 5.41) is 9.35. The van der Waals surface area contributed by atoms with Gasteiger partial charge in [-0.2, -0.15) is 0 Å². The molecule has 0 radical (unpaired) electrons. The van der Waals surface area contributed by atoms with Gasteiger partial charge in [0.05, 0.1) is 6.04 Å². The Balaban J connectivity index is 1.88. The molecule has 1 unspecified atom stereocenters. The predicted octanol–water partition coefficient (Wildman–Crippen LogP) is 3.40. The maximum atomic E-state index is 13.6. The summed E-state index contributed by atoms with van der Waals surface area (Å²) in [4.78, 5) is 41.8. The summed E-state index contributed by atoms with van der Waals surface area (Å²) in [6.45, 7) is 10.7. The minimum Gasteiger partial charge on any atom is -0.489 e. The lowest BCUT2D eigenvalue weighted by molar-refractivity contribution is -0.141. The van der Waals surface area contributed by atoms with Crippen LogP contribution in [0.15, 0.2) is 48.5 Å². The first-order valence-electron chi connectivity index (χ1n) is 14.5. The second-order valence-electron chi connectivity index (χ2n) is 11.1. The molecule has 218 valence electrons. The van der Waals surface area contributed by atoms with Crippen molar-refractivity contribution in [3.05, 3.63) is 65.2 Å². The summed E-state index contributed by atoms with van der Waals surface area (Å²) in [6, 6.07) is 13.9. The number of likely N-dealkylation sites (N-methyl/N-ethyl adjacent to an activating group) is 1. The van der Waals surface area contributed by atoms with Gasteiger partial charge in [-0.25, -0.2) is 0 Å². The van der Waals surface area contributed by atoms with Crippen LogP contribution >= 0.6 is 0 Å². The Labute approximate surface area is 239 Å². The summed E-state index contributed by atoms with van der Waals surface area (Å²) in [5.74, 6) is 0.0952. The highest BCUT2D eigenvalue weighted by Gasteiger charge is 2.33. The molecule has 0 bridgehead atoms. The number of nitrogens with one attached hydrogen (secondary N) is 3. The van der Waals surface area contributed by atoms with Crippen LogP contribution in [-0.4, -0.2) is 67.0 Å². The molecule has 1 heterocycles. The molecular formula is C32H46N4O4. The van der Waals surface area contributed by atoms with E-state index in [4.69, 9.17) is 4.74 Å². The lowest BCUT2D eigenvalue weighted by Gasteiger charge is -2.33. The summed E-state index contributed by atoms with van der Waals surface area (Å²) in [5.41, 5.74) is 3.14. The van der Waals surface area contributed by atoms with E-state index in [1.165, 1.54) is 4.90 Å². The third-order valence-electron chi connectivity index (χ3n) is 7.83. The number of nitrogens with zero attached hydrogens (tertiary/aromatic N) is 1. The Bertz CT molecular complexity index is 1140. The Morgan fingerprint density at radius 1 is 1.02 bits per heavy atom. The zero-order valence-electron chi connectivity index (χ0n) is 24.8. The number of amides is 3. The van der Waals surface area contributed by atoms with Crippen molar-refractivity contribution in [3.63, 3.8) is 0 Å². The van der Waals surface area contributed by atoms with Crippen molar-refractivity contribution in [1.82, 2.24) is 20.9 Å². The quantitative estimate of drug-likeness (QED) is 0.542. The molecule has 3 N–H and O–H groups in total. The number of ether oxygens (including phenoxy) is 1. The molecule has 0 aromatic heterocycles. The number of carbonyl (C=O) groups is 3. The second-order valence-corrected chi connectivity index (χ2v) is 11.1. The first kappa shape index (κ1) is 31.1. The Kier molecular flexibility index (Phi) is 11.6. The predicted molar refractivity (Wildman–Crippen MR) is 158 cm³/mol. The molecule has 0 spiro atoms. The molecule has 2 aromatic carbocycles. The number of benzene rings is 2. The maximum absolute atomic E-state index is 13.6. The fraction of sp³-hybridized carbons (Fsp3) is 0.531. The molecule has 0 fully saturated rings. The average Bonchev–Trinajstić information content (AvgIpc) is 2.95. The van der Waals surface area contributed by atoms with Crippen molar-refractivity contribution < 1.29 is 19.1 Å². The fourth-order valence-corrected chi connectivity index (χ4v) is 4.81. The Hall–Kier alpha value is -3.39. The van der Waals surface area contributed by atoms with Crippen molar-refractivity contribution in [2.45, 2.75) is 84.5 Å². The van der Waals surface area contributed by atoms with Crippen LogP contribution in [0.4, 0.5) is 0 Å². The van der Waals surface area contributed by atoms with Gasteiger partial charge in [-0.15, -0.1) is 0 Å². The molecule has 0 aliphatic carbocycles. The zero-order chi connectivity index (χ0) is 29.2. The monoisotopic (exact) mass is 550 g/mol. The molecule has 1 aliphatic heterocycles. The largest absolute Gasteiger partial charge is 0.489 e. The lowest BCUT2D eigenvalue weighted by Crippen LogP contribution is -2.57. The first-order chi connectivity index (χ1) is 19.1. The van der Waals surface area contributed by atoms with E-state index in [0.29, 0.717) is 19.5 Å². The molecule has 5 atom stereocenters. The van der Waals surface area contributed by atoms with E-state index in [1.54, 1.807) is 14.0 Å². The van der Waals surface area contributed by atoms with Crippen molar-refractivity contribution in [1.29, 1.82) is 0 Å². The van der Waals surface area contributed by atoms with Gasteiger partial charge in [-0.05, 0) is 56.7 Å². The summed E-state index contributed by atoms with van der Waals surface area (Å²) in [6.07, 6.45) is 2.45. The van der Waals surface area contributed by atoms with E-state index in [-0.39, 0.29) is 29.7 Å². The van der Waals surface area contributed by atoms with Crippen LogP contribution in [0.3, 0.4) is 0 Å². The molecule has 8 heteroatoms. The molecule has 0 saturated carbocycles. The number of aryl methyl sites for hydroxylation is 2. The van der Waals surface area contributed by atoms with Crippen LogP contribution < -0.4 is 20.7 Å². The zero-order valence-corrected chi connectivity index (χ0v) is 24.8. The molecule has 3 amide bonds. The van der Waals surface area contributed by atoms with E-state index in [9.17, 15) is 14.4 Å². The van der Waals surface area contributed by atoms with Crippen LogP contribution in [0.25, 0.3) is 0 Å². The van der Waals surface area contributed by atoms with Gasteiger partial charge in [0.1, 0.15) is 23.9 Å². The number of para-hydroxylation sites is 1. The van der Waals surface area contributed by atoms with E-state index in [1.807, 2.05) is 76.2 Å². The molecular weight excluding hydrogens is 504 g/mol. The molecule has 40 heavy (non-hydrogen) atoms. The van der Waals surface area contributed by atoms with Gasteiger partial charge in [0, 0.05) is 26.6 Å². The number of hydrogen-bond acceptors (Lipinski definition) is 5. The normalized spacial score (nSPS) is 24.6. The number of fused-ring (bicyclic) bond motifs is 1. The van der Waals surface area contributed by atoms with Crippen molar-refractivity contribution in [2.75, 3.05) is 20.1 Å². The summed E-state index contributed by atoms with van der Waals surface area (Å²) in [7, 11) is 1.65. The smallest absolute Gasteiger partial charge is 0.243 e.